The molecule has 1 aliphatic carbocycles. The third-order valence-corrected chi connectivity index (χ3v) is 3.52. The summed E-state index contributed by atoms with van der Waals surface area (Å²) in [4.78, 5) is 15.3. The molecular weight excluding hydrogens is 152 g/mol. The molecular formula is C9H16N2O. The van der Waals surface area contributed by atoms with E-state index in [0.717, 1.165) is 13.0 Å². The highest BCUT2D eigenvalue weighted by Crippen LogP contribution is 2.42. The largest absolute Gasteiger partial charge is 0.328 e. The normalized spacial score (nSPS) is 27.7. The summed E-state index contributed by atoms with van der Waals surface area (Å²) >= 11 is 0. The average molecular weight is 168 g/mol. The third-order valence-electron chi connectivity index (χ3n) is 3.52. The Hall–Kier alpha value is -0.730. The second kappa shape index (κ2) is 2.38. The predicted octanol–water partition coefficient (Wildman–Crippen LogP) is 1.30. The van der Waals surface area contributed by atoms with Crippen LogP contribution in [0.3, 0.4) is 0 Å². The van der Waals surface area contributed by atoms with Gasteiger partial charge in [0.15, 0.2) is 0 Å². The maximum Gasteiger partial charge on any atom is 0.319 e. The first-order chi connectivity index (χ1) is 5.66. The minimum absolute atomic E-state index is 0.195. The lowest BCUT2D eigenvalue weighted by Crippen LogP contribution is -2.62. The molecule has 12 heavy (non-hydrogen) atoms. The number of amides is 2. The van der Waals surface area contributed by atoms with Crippen LogP contribution in [0.1, 0.15) is 25.7 Å². The molecule has 0 aromatic heterocycles. The van der Waals surface area contributed by atoms with Gasteiger partial charge in [0.1, 0.15) is 0 Å². The van der Waals surface area contributed by atoms with E-state index in [1.165, 1.54) is 19.3 Å². The zero-order valence-electron chi connectivity index (χ0n) is 7.84. The van der Waals surface area contributed by atoms with Crippen LogP contribution in [0.25, 0.3) is 0 Å². The lowest BCUT2D eigenvalue weighted by atomic mass is 9.72. The fourth-order valence-corrected chi connectivity index (χ4v) is 2.27. The molecule has 2 aliphatic rings. The van der Waals surface area contributed by atoms with E-state index in [1.807, 2.05) is 23.9 Å². The molecule has 2 amide bonds. The Morgan fingerprint density at radius 3 is 2.42 bits per heavy atom. The van der Waals surface area contributed by atoms with E-state index in [2.05, 4.69) is 0 Å². The fourth-order valence-electron chi connectivity index (χ4n) is 2.27. The SMILES string of the molecule is CN1CCC2(CCC2)N(C)C1=O. The molecule has 0 aromatic carbocycles. The van der Waals surface area contributed by atoms with Gasteiger partial charge in [0.25, 0.3) is 0 Å². The summed E-state index contributed by atoms with van der Waals surface area (Å²) in [5, 5.41) is 0. The summed E-state index contributed by atoms with van der Waals surface area (Å²) in [7, 11) is 3.82. The monoisotopic (exact) mass is 168 g/mol. The predicted molar refractivity (Wildman–Crippen MR) is 47.0 cm³/mol. The topological polar surface area (TPSA) is 23.6 Å². The van der Waals surface area contributed by atoms with Crippen LogP contribution in [-0.2, 0) is 0 Å². The van der Waals surface area contributed by atoms with Crippen molar-refractivity contribution in [3.05, 3.63) is 0 Å². The number of carbonyl (C=O) groups is 1. The number of hydrogen-bond donors (Lipinski definition) is 0. The molecule has 0 unspecified atom stereocenters. The van der Waals surface area contributed by atoms with Crippen LogP contribution < -0.4 is 0 Å². The fraction of sp³-hybridized carbons (Fsp3) is 0.889. The lowest BCUT2D eigenvalue weighted by molar-refractivity contribution is 0.0122. The number of urea groups is 1. The number of rotatable bonds is 0. The molecule has 2 fully saturated rings. The Balaban J connectivity index is 2.14. The van der Waals surface area contributed by atoms with Crippen LogP contribution in [0.4, 0.5) is 4.79 Å². The Bertz CT molecular complexity index is 211. The van der Waals surface area contributed by atoms with E-state index in [1.54, 1.807) is 0 Å². The minimum atomic E-state index is 0.195. The summed E-state index contributed by atoms with van der Waals surface area (Å²) < 4.78 is 0. The van der Waals surface area contributed by atoms with Crippen molar-refractivity contribution in [3.8, 4) is 0 Å². The van der Waals surface area contributed by atoms with Crippen molar-refractivity contribution in [2.45, 2.75) is 31.2 Å². The van der Waals surface area contributed by atoms with Gasteiger partial charge in [-0.05, 0) is 25.7 Å². The highest BCUT2D eigenvalue weighted by molar-refractivity contribution is 5.75. The first kappa shape index (κ1) is 7.90. The number of nitrogens with zero attached hydrogens (tertiary/aromatic N) is 2. The Morgan fingerprint density at radius 1 is 1.25 bits per heavy atom. The first-order valence-electron chi connectivity index (χ1n) is 4.65. The van der Waals surface area contributed by atoms with Crippen molar-refractivity contribution >= 4 is 6.03 Å². The molecule has 1 spiro atoms. The molecule has 1 saturated heterocycles. The van der Waals surface area contributed by atoms with Crippen molar-refractivity contribution in [1.82, 2.24) is 9.80 Å². The summed E-state index contributed by atoms with van der Waals surface area (Å²) in [6.07, 6.45) is 4.87. The molecule has 1 heterocycles. The molecule has 1 aliphatic heterocycles. The van der Waals surface area contributed by atoms with Gasteiger partial charge in [0, 0.05) is 26.2 Å². The number of carbonyl (C=O) groups excluding carboxylic acids is 1. The Morgan fingerprint density at radius 2 is 1.92 bits per heavy atom. The van der Waals surface area contributed by atoms with Crippen molar-refractivity contribution in [1.29, 1.82) is 0 Å². The third kappa shape index (κ3) is 0.853. The van der Waals surface area contributed by atoms with Gasteiger partial charge in [0.2, 0.25) is 0 Å². The highest BCUT2D eigenvalue weighted by Gasteiger charge is 2.46. The maximum absolute atomic E-state index is 11.6. The molecule has 3 heteroatoms. The van der Waals surface area contributed by atoms with E-state index in [0.29, 0.717) is 0 Å². The Labute approximate surface area is 73.3 Å². The summed E-state index contributed by atoms with van der Waals surface area (Å²) in [6.45, 7) is 0.934. The molecule has 0 bridgehead atoms. The molecule has 2 rings (SSSR count). The molecule has 1 saturated carbocycles. The lowest BCUT2D eigenvalue weighted by Gasteiger charge is -2.53. The quantitative estimate of drug-likeness (QED) is 0.534. The second-order valence-electron chi connectivity index (χ2n) is 4.09. The molecule has 68 valence electrons. The minimum Gasteiger partial charge on any atom is -0.328 e. The summed E-state index contributed by atoms with van der Waals surface area (Å²) in [6, 6.07) is 0.195. The first-order valence-corrected chi connectivity index (χ1v) is 4.65. The van der Waals surface area contributed by atoms with Gasteiger partial charge in [0.05, 0.1) is 0 Å². The molecule has 0 aromatic rings. The zero-order valence-corrected chi connectivity index (χ0v) is 7.84. The van der Waals surface area contributed by atoms with Gasteiger partial charge in [-0.25, -0.2) is 4.79 Å². The van der Waals surface area contributed by atoms with E-state index in [9.17, 15) is 4.79 Å². The van der Waals surface area contributed by atoms with Gasteiger partial charge in [-0.3, -0.25) is 0 Å². The van der Waals surface area contributed by atoms with Crippen LogP contribution in [-0.4, -0.2) is 42.0 Å². The van der Waals surface area contributed by atoms with E-state index in [-0.39, 0.29) is 11.6 Å². The van der Waals surface area contributed by atoms with Crippen molar-refractivity contribution in [3.63, 3.8) is 0 Å². The van der Waals surface area contributed by atoms with E-state index >= 15 is 0 Å². The van der Waals surface area contributed by atoms with E-state index < -0.39 is 0 Å². The summed E-state index contributed by atoms with van der Waals surface area (Å²) in [5.41, 5.74) is 0.254. The molecule has 3 nitrogen and oxygen atoms in total. The standard InChI is InChI=1S/C9H16N2O/c1-10-7-6-9(4-3-5-9)11(2)8(10)12/h3-7H2,1-2H3. The smallest absolute Gasteiger partial charge is 0.319 e. The molecule has 0 radical (unpaired) electrons. The Kier molecular flexibility index (Phi) is 1.56. The van der Waals surface area contributed by atoms with Gasteiger partial charge in [-0.15, -0.1) is 0 Å². The van der Waals surface area contributed by atoms with Crippen LogP contribution in [0.5, 0.6) is 0 Å². The van der Waals surface area contributed by atoms with Crippen molar-refractivity contribution in [2.24, 2.45) is 0 Å². The van der Waals surface area contributed by atoms with Crippen molar-refractivity contribution in [2.75, 3.05) is 20.6 Å². The molecule has 0 atom stereocenters. The zero-order chi connectivity index (χ0) is 8.77. The van der Waals surface area contributed by atoms with Crippen LogP contribution in [0.15, 0.2) is 0 Å². The second-order valence-corrected chi connectivity index (χ2v) is 4.09. The molecule has 0 N–H and O–H groups in total. The van der Waals surface area contributed by atoms with Gasteiger partial charge in [-0.2, -0.15) is 0 Å². The highest BCUT2D eigenvalue weighted by atomic mass is 16.2. The maximum atomic E-state index is 11.6. The van der Waals surface area contributed by atoms with Crippen LogP contribution >= 0.6 is 0 Å². The van der Waals surface area contributed by atoms with Gasteiger partial charge < -0.3 is 9.80 Å². The summed E-state index contributed by atoms with van der Waals surface area (Å²) in [5.74, 6) is 0. The van der Waals surface area contributed by atoms with Crippen LogP contribution in [0, 0.1) is 0 Å². The van der Waals surface area contributed by atoms with Crippen LogP contribution in [0.2, 0.25) is 0 Å². The van der Waals surface area contributed by atoms with Gasteiger partial charge >= 0.3 is 6.03 Å². The van der Waals surface area contributed by atoms with Crippen molar-refractivity contribution < 1.29 is 4.79 Å². The van der Waals surface area contributed by atoms with Gasteiger partial charge in [-0.1, -0.05) is 0 Å². The average Bonchev–Trinajstić information content (AvgIpc) is 1.98. The van der Waals surface area contributed by atoms with E-state index in [4.69, 9.17) is 0 Å². The number of hydrogen-bond acceptors (Lipinski definition) is 1.